The van der Waals surface area contributed by atoms with Gasteiger partial charge < -0.3 is 5.32 Å². The summed E-state index contributed by atoms with van der Waals surface area (Å²) in [6.45, 7) is 1.69. The van der Waals surface area contributed by atoms with Crippen LogP contribution in [0.4, 0.5) is 24.9 Å². The lowest BCUT2D eigenvalue weighted by Gasteiger charge is -2.18. The molecule has 180 valence electrons. The molecule has 0 saturated heterocycles. The number of hydrogen-bond donors (Lipinski definition) is 3. The van der Waals surface area contributed by atoms with E-state index in [1.165, 1.54) is 23.3 Å². The van der Waals surface area contributed by atoms with Crippen LogP contribution in [0, 0.1) is 0 Å². The standard InChI is InChI=1S/C19H18F3N7O4S/c1-10(11-3-5-13(6-4-11)19(20,21)22)23-17(31)14-7-15(30)25-18(24-14)28-8-12-9-29(34(2,32)33)27-16(12)26-28/h3-7,9-10H,8H2,1-2H3,(H,23,31)(H,26,27)(H,24,25,30)/t10-/m1/s1. The number of amides is 1. The molecule has 4 rings (SSSR count). The number of anilines is 2. The number of nitrogens with zero attached hydrogens (tertiary/aromatic N) is 4. The molecule has 0 unspecified atom stereocenters. The highest BCUT2D eigenvalue weighted by atomic mass is 32.2. The van der Waals surface area contributed by atoms with E-state index in [9.17, 15) is 31.2 Å². The Morgan fingerprint density at radius 2 is 1.91 bits per heavy atom. The molecule has 1 amide bonds. The average Bonchev–Trinajstić information content (AvgIpc) is 3.32. The van der Waals surface area contributed by atoms with Crippen molar-refractivity contribution < 1.29 is 26.4 Å². The molecule has 0 spiro atoms. The van der Waals surface area contributed by atoms with Gasteiger partial charge in [0.2, 0.25) is 5.95 Å². The summed E-state index contributed by atoms with van der Waals surface area (Å²) in [6, 6.07) is 4.67. The summed E-state index contributed by atoms with van der Waals surface area (Å²) in [7, 11) is -3.57. The van der Waals surface area contributed by atoms with Gasteiger partial charge in [-0.25, -0.2) is 18.4 Å². The number of fused-ring (bicyclic) bond motifs is 1. The molecule has 3 aromatic rings. The van der Waals surface area contributed by atoms with E-state index >= 15 is 0 Å². The predicted molar refractivity (Wildman–Crippen MR) is 114 cm³/mol. The zero-order valence-corrected chi connectivity index (χ0v) is 18.5. The van der Waals surface area contributed by atoms with Gasteiger partial charge in [-0.3, -0.25) is 20.0 Å². The van der Waals surface area contributed by atoms with E-state index in [-0.39, 0.29) is 24.0 Å². The van der Waals surface area contributed by atoms with Crippen molar-refractivity contribution in [2.45, 2.75) is 25.7 Å². The van der Waals surface area contributed by atoms with Gasteiger partial charge in [0.15, 0.2) is 5.82 Å². The number of nitrogens with one attached hydrogen (secondary N) is 3. The first-order chi connectivity index (χ1) is 15.8. The van der Waals surface area contributed by atoms with E-state index in [1.54, 1.807) is 6.92 Å². The summed E-state index contributed by atoms with van der Waals surface area (Å²) in [5, 5.41) is 7.89. The maximum absolute atomic E-state index is 12.7. The number of halogens is 3. The Morgan fingerprint density at radius 3 is 2.50 bits per heavy atom. The number of carbonyl (C=O) groups is 1. The molecule has 15 heteroatoms. The predicted octanol–water partition coefficient (Wildman–Crippen LogP) is 1.63. The Kier molecular flexibility index (Phi) is 5.59. The van der Waals surface area contributed by atoms with Gasteiger partial charge in [-0.1, -0.05) is 12.1 Å². The number of carbonyl (C=O) groups excluding carboxylic acids is 1. The van der Waals surface area contributed by atoms with Crippen LogP contribution in [0.1, 0.15) is 40.1 Å². The fourth-order valence-corrected chi connectivity index (χ4v) is 3.78. The Labute approximate surface area is 190 Å². The lowest BCUT2D eigenvalue weighted by atomic mass is 10.1. The highest BCUT2D eigenvalue weighted by Crippen LogP contribution is 2.30. The van der Waals surface area contributed by atoms with Crippen molar-refractivity contribution in [1.82, 2.24) is 24.5 Å². The van der Waals surface area contributed by atoms with E-state index in [2.05, 4.69) is 25.8 Å². The summed E-state index contributed by atoms with van der Waals surface area (Å²) in [5.74, 6) is -0.471. The zero-order chi connectivity index (χ0) is 24.8. The average molecular weight is 497 g/mol. The van der Waals surface area contributed by atoms with Gasteiger partial charge in [0.25, 0.3) is 21.5 Å². The van der Waals surface area contributed by atoms with Gasteiger partial charge >= 0.3 is 6.18 Å². The lowest BCUT2D eigenvalue weighted by Crippen LogP contribution is -2.32. The molecule has 3 heterocycles. The Morgan fingerprint density at radius 1 is 1.24 bits per heavy atom. The summed E-state index contributed by atoms with van der Waals surface area (Å²) in [4.78, 5) is 31.4. The van der Waals surface area contributed by atoms with Crippen molar-refractivity contribution in [2.24, 2.45) is 0 Å². The van der Waals surface area contributed by atoms with Gasteiger partial charge in [0.05, 0.1) is 24.4 Å². The maximum Gasteiger partial charge on any atom is 0.416 e. The molecule has 1 aliphatic heterocycles. The maximum atomic E-state index is 12.7. The second kappa shape index (κ2) is 8.16. The SMILES string of the molecule is C[C@@H](NC(=O)c1cc(=O)[nH]c(N2Cc3cn(S(C)(=O)=O)nc3N2)n1)c1ccc(C(F)(F)F)cc1. The summed E-state index contributed by atoms with van der Waals surface area (Å²) in [5.41, 5.74) is 2.11. The lowest BCUT2D eigenvalue weighted by molar-refractivity contribution is -0.137. The van der Waals surface area contributed by atoms with Crippen molar-refractivity contribution in [3.8, 4) is 0 Å². The number of rotatable bonds is 5. The first-order valence-corrected chi connectivity index (χ1v) is 11.6. The van der Waals surface area contributed by atoms with E-state index in [1.807, 2.05) is 0 Å². The van der Waals surface area contributed by atoms with E-state index < -0.39 is 39.3 Å². The van der Waals surface area contributed by atoms with Crippen LogP contribution in [-0.4, -0.2) is 39.7 Å². The minimum atomic E-state index is -4.47. The molecule has 3 N–H and O–H groups in total. The molecule has 0 bridgehead atoms. The summed E-state index contributed by atoms with van der Waals surface area (Å²) >= 11 is 0. The smallest absolute Gasteiger partial charge is 0.344 e. The van der Waals surface area contributed by atoms with E-state index in [0.717, 1.165) is 28.5 Å². The third kappa shape index (κ3) is 4.73. The molecular formula is C19H18F3N7O4S. The van der Waals surface area contributed by atoms with Crippen molar-refractivity contribution in [3.63, 3.8) is 0 Å². The van der Waals surface area contributed by atoms with Crippen LogP contribution in [0.15, 0.2) is 41.3 Å². The van der Waals surface area contributed by atoms with Gasteiger partial charge in [-0.05, 0) is 24.6 Å². The number of H-pyrrole nitrogens is 1. The van der Waals surface area contributed by atoms with Gasteiger partial charge in [-0.15, -0.1) is 5.10 Å². The van der Waals surface area contributed by atoms with Gasteiger partial charge in [-0.2, -0.15) is 17.3 Å². The Hall–Kier alpha value is -3.88. The number of hydrogen-bond acceptors (Lipinski definition) is 8. The molecule has 34 heavy (non-hydrogen) atoms. The first-order valence-electron chi connectivity index (χ1n) is 9.74. The zero-order valence-electron chi connectivity index (χ0n) is 17.7. The molecule has 0 fully saturated rings. The molecule has 1 aromatic carbocycles. The fraction of sp³-hybridized carbons (Fsp3) is 0.263. The second-order valence-electron chi connectivity index (χ2n) is 7.61. The van der Waals surface area contributed by atoms with Crippen LogP contribution >= 0.6 is 0 Å². The molecule has 0 saturated carbocycles. The molecule has 0 aliphatic carbocycles. The summed E-state index contributed by atoms with van der Waals surface area (Å²) in [6.07, 6.45) is -2.15. The van der Waals surface area contributed by atoms with Crippen LogP contribution in [0.2, 0.25) is 0 Å². The number of benzene rings is 1. The van der Waals surface area contributed by atoms with Crippen LogP contribution in [0.25, 0.3) is 0 Å². The number of hydrazine groups is 1. The minimum Gasteiger partial charge on any atom is -0.344 e. The number of alkyl halides is 3. The van der Waals surface area contributed by atoms with Crippen LogP contribution < -0.4 is 21.3 Å². The molecule has 0 radical (unpaired) electrons. The van der Waals surface area contributed by atoms with E-state index in [4.69, 9.17) is 0 Å². The van der Waals surface area contributed by atoms with Gasteiger partial charge in [0.1, 0.15) is 5.69 Å². The first kappa shape index (κ1) is 23.3. The van der Waals surface area contributed by atoms with Crippen LogP contribution in [-0.2, 0) is 22.7 Å². The largest absolute Gasteiger partial charge is 0.416 e. The minimum absolute atomic E-state index is 0.0104. The number of aromatic amines is 1. The Bertz CT molecular complexity index is 1390. The topological polar surface area (TPSA) is 142 Å². The number of aromatic nitrogens is 4. The summed E-state index contributed by atoms with van der Waals surface area (Å²) < 4.78 is 62.3. The Balaban J connectivity index is 1.49. The molecule has 1 atom stereocenters. The van der Waals surface area contributed by atoms with Crippen molar-refractivity contribution in [3.05, 3.63) is 69.3 Å². The second-order valence-corrected chi connectivity index (χ2v) is 9.45. The monoisotopic (exact) mass is 497 g/mol. The molecule has 2 aromatic heterocycles. The third-order valence-electron chi connectivity index (χ3n) is 4.98. The fourth-order valence-electron chi connectivity index (χ4n) is 3.24. The quantitative estimate of drug-likeness (QED) is 0.483. The van der Waals surface area contributed by atoms with Crippen LogP contribution in [0.3, 0.4) is 0 Å². The van der Waals surface area contributed by atoms with Crippen molar-refractivity contribution in [2.75, 3.05) is 16.7 Å². The van der Waals surface area contributed by atoms with Crippen LogP contribution in [0.5, 0.6) is 0 Å². The molecule has 1 aliphatic rings. The van der Waals surface area contributed by atoms with Gasteiger partial charge in [0, 0.05) is 17.8 Å². The third-order valence-corrected chi connectivity index (χ3v) is 5.85. The molecular weight excluding hydrogens is 479 g/mol. The van der Waals surface area contributed by atoms with E-state index in [0.29, 0.717) is 11.1 Å². The molecule has 11 nitrogen and oxygen atoms in total. The highest BCUT2D eigenvalue weighted by Gasteiger charge is 2.30. The normalized spacial score (nSPS) is 14.4. The van der Waals surface area contributed by atoms with Crippen molar-refractivity contribution >= 4 is 27.7 Å². The van der Waals surface area contributed by atoms with Crippen molar-refractivity contribution in [1.29, 1.82) is 0 Å². The highest BCUT2D eigenvalue weighted by molar-refractivity contribution is 7.89.